The average molecular weight is 682 g/mol. The first kappa shape index (κ1) is 30.9. The fourth-order valence-corrected chi connectivity index (χ4v) is 11.6. The minimum absolute atomic E-state index is 0.143. The quantitative estimate of drug-likeness (QED) is 0.169. The fourth-order valence-electron chi connectivity index (χ4n) is 11.6. The number of anilines is 3. The van der Waals surface area contributed by atoms with Crippen LogP contribution in [0.3, 0.4) is 0 Å². The second-order valence-corrected chi connectivity index (χ2v) is 16.1. The molecule has 12 rings (SSSR count). The highest BCUT2D eigenvalue weighted by atomic mass is 15.1. The molecule has 7 aromatic rings. The maximum Gasteiger partial charge on any atom is 0.0540 e. The SMILES string of the molecule is c1ccc(-c2ccc(N(c3ccc(-c4ccccc4)cc3)c3ccccc3-c3cccc4c3-c3ccccc3C43C4CC5CC(C4)CC3C5)cc2)cc1. The van der Waals surface area contributed by atoms with E-state index in [1.165, 1.54) is 82.3 Å². The van der Waals surface area contributed by atoms with Crippen molar-refractivity contribution in [2.45, 2.75) is 37.5 Å². The van der Waals surface area contributed by atoms with Crippen LogP contribution in [0.1, 0.15) is 43.2 Å². The lowest BCUT2D eigenvalue weighted by Gasteiger charge is -2.61. The summed E-state index contributed by atoms with van der Waals surface area (Å²) in [7, 11) is 0. The highest BCUT2D eigenvalue weighted by Gasteiger charge is 2.61. The van der Waals surface area contributed by atoms with Gasteiger partial charge in [-0.3, -0.25) is 0 Å². The van der Waals surface area contributed by atoms with Gasteiger partial charge in [-0.25, -0.2) is 0 Å². The summed E-state index contributed by atoms with van der Waals surface area (Å²) in [6.07, 6.45) is 7.06. The topological polar surface area (TPSA) is 3.24 Å². The van der Waals surface area contributed by atoms with Crippen molar-refractivity contribution in [3.8, 4) is 44.5 Å². The molecule has 0 atom stereocenters. The summed E-state index contributed by atoms with van der Waals surface area (Å²) >= 11 is 0. The van der Waals surface area contributed by atoms with Crippen molar-refractivity contribution in [2.75, 3.05) is 4.90 Å². The van der Waals surface area contributed by atoms with Gasteiger partial charge in [0.1, 0.15) is 0 Å². The predicted octanol–water partition coefficient (Wildman–Crippen LogP) is 13.9. The molecule has 1 heteroatoms. The summed E-state index contributed by atoms with van der Waals surface area (Å²) in [6.45, 7) is 0. The van der Waals surface area contributed by atoms with Gasteiger partial charge in [-0.1, -0.05) is 146 Å². The summed E-state index contributed by atoms with van der Waals surface area (Å²) in [4.78, 5) is 2.47. The van der Waals surface area contributed by atoms with Crippen LogP contribution in [0.2, 0.25) is 0 Å². The molecule has 53 heavy (non-hydrogen) atoms. The summed E-state index contributed by atoms with van der Waals surface area (Å²) in [5.41, 5.74) is 17.3. The van der Waals surface area contributed by atoms with Gasteiger partial charge in [-0.05, 0) is 136 Å². The van der Waals surface area contributed by atoms with Gasteiger partial charge >= 0.3 is 0 Å². The van der Waals surface area contributed by atoms with Crippen molar-refractivity contribution in [1.29, 1.82) is 0 Å². The monoisotopic (exact) mass is 681 g/mol. The van der Waals surface area contributed by atoms with Crippen LogP contribution in [-0.2, 0) is 5.41 Å². The number of fused-ring (bicyclic) bond motifs is 3. The van der Waals surface area contributed by atoms with Gasteiger partial charge in [0.15, 0.2) is 0 Å². The molecular formula is C52H43N. The van der Waals surface area contributed by atoms with Crippen LogP contribution < -0.4 is 4.90 Å². The molecule has 0 heterocycles. The van der Waals surface area contributed by atoms with E-state index in [0.717, 1.165) is 35.0 Å². The minimum atomic E-state index is 0.143. The molecule has 0 radical (unpaired) electrons. The first-order valence-electron chi connectivity index (χ1n) is 19.7. The third-order valence-corrected chi connectivity index (χ3v) is 13.5. The summed E-state index contributed by atoms with van der Waals surface area (Å²) < 4.78 is 0. The van der Waals surface area contributed by atoms with E-state index in [4.69, 9.17) is 0 Å². The molecule has 4 fully saturated rings. The molecule has 1 nitrogen and oxygen atoms in total. The Bertz CT molecular complexity index is 2330. The van der Waals surface area contributed by atoms with E-state index in [-0.39, 0.29) is 5.41 Å². The van der Waals surface area contributed by atoms with Crippen molar-refractivity contribution in [3.63, 3.8) is 0 Å². The van der Waals surface area contributed by atoms with Gasteiger partial charge < -0.3 is 4.90 Å². The third-order valence-electron chi connectivity index (χ3n) is 13.5. The van der Waals surface area contributed by atoms with Gasteiger partial charge in [-0.15, -0.1) is 0 Å². The molecule has 0 amide bonds. The van der Waals surface area contributed by atoms with Crippen molar-refractivity contribution in [1.82, 2.24) is 0 Å². The lowest BCUT2D eigenvalue weighted by atomic mass is 9.43. The minimum Gasteiger partial charge on any atom is -0.310 e. The van der Waals surface area contributed by atoms with Crippen molar-refractivity contribution < 1.29 is 0 Å². The summed E-state index contributed by atoms with van der Waals surface area (Å²) in [5, 5.41) is 0. The molecule has 0 saturated heterocycles. The zero-order valence-electron chi connectivity index (χ0n) is 30.0. The van der Waals surface area contributed by atoms with Crippen molar-refractivity contribution >= 4 is 17.1 Å². The second kappa shape index (κ2) is 12.2. The molecule has 5 aliphatic rings. The second-order valence-electron chi connectivity index (χ2n) is 16.1. The predicted molar refractivity (Wildman–Crippen MR) is 221 cm³/mol. The third kappa shape index (κ3) is 4.76. The smallest absolute Gasteiger partial charge is 0.0540 e. The number of hydrogen-bond acceptors (Lipinski definition) is 1. The van der Waals surface area contributed by atoms with Gasteiger partial charge in [0.25, 0.3) is 0 Å². The van der Waals surface area contributed by atoms with E-state index in [1.807, 2.05) is 0 Å². The van der Waals surface area contributed by atoms with E-state index in [2.05, 4.69) is 181 Å². The van der Waals surface area contributed by atoms with Gasteiger partial charge in [-0.2, -0.15) is 0 Å². The largest absolute Gasteiger partial charge is 0.310 e. The van der Waals surface area contributed by atoms with Crippen molar-refractivity contribution in [2.24, 2.45) is 23.7 Å². The summed E-state index contributed by atoms with van der Waals surface area (Å²) in [6, 6.07) is 65.6. The molecule has 0 aliphatic heterocycles. The summed E-state index contributed by atoms with van der Waals surface area (Å²) in [5.74, 6) is 3.35. The maximum atomic E-state index is 2.52. The van der Waals surface area contributed by atoms with E-state index >= 15 is 0 Å². The zero-order valence-corrected chi connectivity index (χ0v) is 30.0. The highest BCUT2D eigenvalue weighted by Crippen LogP contribution is 2.70. The Labute approximate surface area is 313 Å². The molecule has 4 saturated carbocycles. The Morgan fingerprint density at radius 3 is 1.40 bits per heavy atom. The zero-order chi connectivity index (χ0) is 34.9. The van der Waals surface area contributed by atoms with Crippen LogP contribution in [0, 0.1) is 23.7 Å². The molecule has 0 unspecified atom stereocenters. The molecule has 5 aliphatic carbocycles. The molecular weight excluding hydrogens is 639 g/mol. The van der Waals surface area contributed by atoms with Crippen LogP contribution in [-0.4, -0.2) is 0 Å². The first-order chi connectivity index (χ1) is 26.3. The lowest BCUT2D eigenvalue weighted by Crippen LogP contribution is -2.55. The molecule has 7 aromatic carbocycles. The number of hydrogen-bond donors (Lipinski definition) is 0. The van der Waals surface area contributed by atoms with E-state index < -0.39 is 0 Å². The highest BCUT2D eigenvalue weighted by molar-refractivity contribution is 5.98. The average Bonchev–Trinajstić information content (AvgIpc) is 3.52. The Hall–Kier alpha value is -5.66. The normalized spacial score (nSPS) is 23.2. The number of rotatable bonds is 6. The number of para-hydroxylation sites is 1. The fraction of sp³-hybridized carbons (Fsp3) is 0.192. The van der Waals surface area contributed by atoms with E-state index in [0.29, 0.717) is 0 Å². The van der Waals surface area contributed by atoms with Gasteiger partial charge in [0, 0.05) is 22.4 Å². The van der Waals surface area contributed by atoms with Crippen LogP contribution in [0.5, 0.6) is 0 Å². The Morgan fingerprint density at radius 2 is 0.811 bits per heavy atom. The number of benzene rings is 7. The first-order valence-corrected chi connectivity index (χ1v) is 19.7. The molecule has 256 valence electrons. The molecule has 0 aromatic heterocycles. The Morgan fingerprint density at radius 1 is 0.358 bits per heavy atom. The molecule has 4 bridgehead atoms. The maximum absolute atomic E-state index is 2.52. The van der Waals surface area contributed by atoms with Gasteiger partial charge in [0.05, 0.1) is 5.69 Å². The molecule has 0 N–H and O–H groups in total. The lowest BCUT2D eigenvalue weighted by molar-refractivity contribution is -0.0399. The molecule has 1 spiro atoms. The standard InChI is InChI=1S/C52H43N/c1-3-12-37(13-4-1)39-22-26-43(27-23-39)53(44-28-24-40(25-29-44)38-14-5-2-6-15-38)50-21-10-8-16-45(50)46-18-11-20-49-51(46)47-17-7-9-19-48(47)52(49)41-31-35-30-36(33-41)34-42(52)32-35/h1-29,35-36,41-42H,30-34H2. The number of nitrogens with zero attached hydrogens (tertiary/aromatic N) is 1. The van der Waals surface area contributed by atoms with Crippen LogP contribution in [0.15, 0.2) is 176 Å². The van der Waals surface area contributed by atoms with E-state index in [9.17, 15) is 0 Å². The van der Waals surface area contributed by atoms with E-state index in [1.54, 1.807) is 11.1 Å². The van der Waals surface area contributed by atoms with Crippen LogP contribution >= 0.6 is 0 Å². The van der Waals surface area contributed by atoms with Gasteiger partial charge in [0.2, 0.25) is 0 Å². The van der Waals surface area contributed by atoms with Crippen LogP contribution in [0.4, 0.5) is 17.1 Å². The van der Waals surface area contributed by atoms with Crippen LogP contribution in [0.25, 0.3) is 44.5 Å². The Kier molecular flexibility index (Phi) is 7.12. The Balaban J connectivity index is 1.09. The van der Waals surface area contributed by atoms with Crippen molar-refractivity contribution in [3.05, 3.63) is 187 Å².